The maximum absolute atomic E-state index is 6.20. The Morgan fingerprint density at radius 2 is 1.88 bits per heavy atom. The Labute approximate surface area is 104 Å². The molecular weight excluding hydrogens is 208 g/mol. The number of benzene rings is 1. The van der Waals surface area contributed by atoms with Crippen molar-refractivity contribution in [1.29, 1.82) is 0 Å². The van der Waals surface area contributed by atoms with Crippen LogP contribution in [0.4, 0.5) is 11.4 Å². The van der Waals surface area contributed by atoms with E-state index in [2.05, 4.69) is 23.1 Å². The second-order valence-electron chi connectivity index (χ2n) is 5.44. The summed E-state index contributed by atoms with van der Waals surface area (Å²) < 4.78 is 0. The molecule has 2 nitrogen and oxygen atoms in total. The average molecular weight is 230 g/mol. The van der Waals surface area contributed by atoms with Crippen molar-refractivity contribution in [2.75, 3.05) is 17.2 Å². The van der Waals surface area contributed by atoms with Gasteiger partial charge in [0, 0.05) is 12.6 Å². The molecule has 0 bridgehead atoms. The van der Waals surface area contributed by atoms with Gasteiger partial charge in [0.2, 0.25) is 0 Å². The van der Waals surface area contributed by atoms with E-state index in [1.165, 1.54) is 62.7 Å². The molecule has 2 heteroatoms. The van der Waals surface area contributed by atoms with Crippen LogP contribution in [-0.4, -0.2) is 12.6 Å². The smallest absolute Gasteiger partial charge is 0.0634 e. The lowest BCUT2D eigenvalue weighted by Gasteiger charge is -2.40. The number of hydrogen-bond acceptors (Lipinski definition) is 2. The van der Waals surface area contributed by atoms with Gasteiger partial charge in [-0.15, -0.1) is 0 Å². The molecule has 1 aliphatic carbocycles. The minimum atomic E-state index is 0.743. The van der Waals surface area contributed by atoms with E-state index in [1.807, 2.05) is 0 Å². The highest BCUT2D eigenvalue weighted by Crippen LogP contribution is 2.37. The molecule has 2 aliphatic rings. The van der Waals surface area contributed by atoms with Crippen molar-refractivity contribution in [3.05, 3.63) is 23.8 Å². The van der Waals surface area contributed by atoms with E-state index in [9.17, 15) is 0 Å². The van der Waals surface area contributed by atoms with Gasteiger partial charge in [0.05, 0.1) is 11.4 Å². The molecule has 1 aliphatic heterocycles. The maximum Gasteiger partial charge on any atom is 0.0634 e. The predicted octanol–water partition coefficient (Wildman–Crippen LogP) is 3.35. The molecule has 0 aromatic heterocycles. The van der Waals surface area contributed by atoms with Crippen molar-refractivity contribution < 1.29 is 0 Å². The predicted molar refractivity (Wildman–Crippen MR) is 73.4 cm³/mol. The average Bonchev–Trinajstić information content (AvgIpc) is 2.39. The van der Waals surface area contributed by atoms with Crippen molar-refractivity contribution in [2.24, 2.45) is 0 Å². The first-order valence-corrected chi connectivity index (χ1v) is 7.00. The summed E-state index contributed by atoms with van der Waals surface area (Å²) in [7, 11) is 0. The largest absolute Gasteiger partial charge is 0.397 e. The van der Waals surface area contributed by atoms with E-state index in [0.717, 1.165) is 11.7 Å². The quantitative estimate of drug-likeness (QED) is 0.750. The fourth-order valence-corrected chi connectivity index (χ4v) is 3.47. The normalized spacial score (nSPS) is 21.3. The standard InChI is InChI=1S/C15H22N2/c16-14-10-4-6-12-7-5-11-17(15(12)14)13-8-2-1-3-9-13/h4,6,10,13H,1-3,5,7-9,11,16H2. The van der Waals surface area contributed by atoms with E-state index in [1.54, 1.807) is 0 Å². The van der Waals surface area contributed by atoms with Crippen molar-refractivity contribution >= 4 is 11.4 Å². The van der Waals surface area contributed by atoms with Crippen molar-refractivity contribution in [3.63, 3.8) is 0 Å². The number of nitrogen functional groups attached to an aromatic ring is 1. The minimum absolute atomic E-state index is 0.743. The van der Waals surface area contributed by atoms with Crippen molar-refractivity contribution in [1.82, 2.24) is 0 Å². The fourth-order valence-electron chi connectivity index (χ4n) is 3.47. The molecule has 1 saturated carbocycles. The van der Waals surface area contributed by atoms with Gasteiger partial charge >= 0.3 is 0 Å². The van der Waals surface area contributed by atoms with Crippen LogP contribution in [0.2, 0.25) is 0 Å². The number of hydrogen-bond donors (Lipinski definition) is 1. The molecule has 3 rings (SSSR count). The highest BCUT2D eigenvalue weighted by molar-refractivity contribution is 5.73. The molecule has 0 unspecified atom stereocenters. The number of anilines is 2. The molecule has 0 spiro atoms. The van der Waals surface area contributed by atoms with Crippen molar-refractivity contribution in [2.45, 2.75) is 51.0 Å². The van der Waals surface area contributed by atoms with E-state index < -0.39 is 0 Å². The van der Waals surface area contributed by atoms with Gasteiger partial charge in [-0.25, -0.2) is 0 Å². The van der Waals surface area contributed by atoms with E-state index in [0.29, 0.717) is 0 Å². The lowest BCUT2D eigenvalue weighted by molar-refractivity contribution is 0.408. The number of nitrogens with two attached hydrogens (primary N) is 1. The van der Waals surface area contributed by atoms with Crippen LogP contribution in [0.15, 0.2) is 18.2 Å². The molecule has 1 aromatic rings. The van der Waals surface area contributed by atoms with Crippen LogP contribution in [0.1, 0.15) is 44.1 Å². The molecule has 0 radical (unpaired) electrons. The first kappa shape index (κ1) is 10.9. The first-order valence-electron chi connectivity index (χ1n) is 7.00. The fraction of sp³-hybridized carbons (Fsp3) is 0.600. The zero-order chi connectivity index (χ0) is 11.7. The molecule has 0 amide bonds. The Kier molecular flexibility index (Phi) is 2.96. The molecule has 17 heavy (non-hydrogen) atoms. The Morgan fingerprint density at radius 3 is 2.71 bits per heavy atom. The van der Waals surface area contributed by atoms with Gasteiger partial charge < -0.3 is 10.6 Å². The molecule has 92 valence electrons. The van der Waals surface area contributed by atoms with Gasteiger partial charge in [0.15, 0.2) is 0 Å². The highest BCUT2D eigenvalue weighted by atomic mass is 15.2. The number of fused-ring (bicyclic) bond motifs is 1. The summed E-state index contributed by atoms with van der Waals surface area (Å²) in [4.78, 5) is 2.60. The summed E-state index contributed by atoms with van der Waals surface area (Å²) in [6, 6.07) is 7.15. The second kappa shape index (κ2) is 4.59. The Morgan fingerprint density at radius 1 is 1.06 bits per heavy atom. The molecule has 0 atom stereocenters. The van der Waals surface area contributed by atoms with Crippen LogP contribution in [-0.2, 0) is 6.42 Å². The van der Waals surface area contributed by atoms with Gasteiger partial charge in [-0.3, -0.25) is 0 Å². The van der Waals surface area contributed by atoms with Gasteiger partial charge in [-0.2, -0.15) is 0 Å². The summed E-state index contributed by atoms with van der Waals surface area (Å²) in [5.41, 5.74) is 9.99. The molecule has 1 aromatic carbocycles. The van der Waals surface area contributed by atoms with Gasteiger partial charge in [0.25, 0.3) is 0 Å². The molecular formula is C15H22N2. The third-order valence-electron chi connectivity index (χ3n) is 4.30. The Balaban J connectivity index is 1.92. The Hall–Kier alpha value is -1.18. The van der Waals surface area contributed by atoms with Crippen LogP contribution in [0.3, 0.4) is 0 Å². The zero-order valence-corrected chi connectivity index (χ0v) is 10.5. The van der Waals surface area contributed by atoms with Crippen LogP contribution in [0.25, 0.3) is 0 Å². The molecule has 1 heterocycles. The number of aryl methyl sites for hydroxylation is 1. The molecule has 0 saturated heterocycles. The second-order valence-corrected chi connectivity index (χ2v) is 5.44. The summed E-state index contributed by atoms with van der Waals surface area (Å²) >= 11 is 0. The summed E-state index contributed by atoms with van der Waals surface area (Å²) in [6.07, 6.45) is 9.39. The van der Waals surface area contributed by atoms with E-state index >= 15 is 0 Å². The van der Waals surface area contributed by atoms with Crippen LogP contribution >= 0.6 is 0 Å². The van der Waals surface area contributed by atoms with Gasteiger partial charge in [0.1, 0.15) is 0 Å². The van der Waals surface area contributed by atoms with E-state index in [4.69, 9.17) is 5.73 Å². The first-order chi connectivity index (χ1) is 8.36. The third-order valence-corrected chi connectivity index (χ3v) is 4.30. The SMILES string of the molecule is Nc1cccc2c1N(C1CCCCC1)CCC2. The monoisotopic (exact) mass is 230 g/mol. The zero-order valence-electron chi connectivity index (χ0n) is 10.5. The number of rotatable bonds is 1. The third kappa shape index (κ3) is 2.01. The lowest BCUT2D eigenvalue weighted by Crippen LogP contribution is -2.40. The van der Waals surface area contributed by atoms with Gasteiger partial charge in [-0.05, 0) is 37.3 Å². The minimum Gasteiger partial charge on any atom is -0.397 e. The van der Waals surface area contributed by atoms with Crippen LogP contribution < -0.4 is 10.6 Å². The molecule has 2 N–H and O–H groups in total. The number of para-hydroxylation sites is 1. The summed E-state index contributed by atoms with van der Waals surface area (Å²) in [6.45, 7) is 1.20. The molecule has 1 fully saturated rings. The maximum atomic E-state index is 6.20. The van der Waals surface area contributed by atoms with Crippen molar-refractivity contribution in [3.8, 4) is 0 Å². The van der Waals surface area contributed by atoms with E-state index in [-0.39, 0.29) is 0 Å². The summed E-state index contributed by atoms with van der Waals surface area (Å²) in [5.74, 6) is 0. The van der Waals surface area contributed by atoms with Crippen LogP contribution in [0, 0.1) is 0 Å². The Bertz CT molecular complexity index is 394. The topological polar surface area (TPSA) is 29.3 Å². The lowest BCUT2D eigenvalue weighted by atomic mass is 9.91. The number of nitrogens with zero attached hydrogens (tertiary/aromatic N) is 1. The van der Waals surface area contributed by atoms with Gasteiger partial charge in [-0.1, -0.05) is 31.4 Å². The van der Waals surface area contributed by atoms with Crippen LogP contribution in [0.5, 0.6) is 0 Å². The summed E-state index contributed by atoms with van der Waals surface area (Å²) in [5, 5.41) is 0. The highest BCUT2D eigenvalue weighted by Gasteiger charge is 2.26.